The molecule has 1 heterocycles. The zero-order valence-electron chi connectivity index (χ0n) is 15.8. The molecule has 3 aromatic carbocycles. The van der Waals surface area contributed by atoms with Crippen LogP contribution in [0.4, 0.5) is 5.69 Å². The molecule has 1 aromatic heterocycles. The maximum absolute atomic E-state index is 11.3. The van der Waals surface area contributed by atoms with Crippen LogP contribution in [-0.2, 0) is 13.2 Å². The molecule has 29 heavy (non-hydrogen) atoms. The number of halogens is 1. The summed E-state index contributed by atoms with van der Waals surface area (Å²) in [5.74, 6) is 0.648. The average Bonchev–Trinajstić information content (AvgIpc) is 2.99. The molecule has 0 saturated heterocycles. The molecule has 0 aliphatic carbocycles. The van der Waals surface area contributed by atoms with Crippen LogP contribution in [0.2, 0.25) is 0 Å². The molecule has 4 rings (SSSR count). The van der Waals surface area contributed by atoms with E-state index >= 15 is 0 Å². The minimum absolute atomic E-state index is 0.0622. The van der Waals surface area contributed by atoms with Crippen molar-refractivity contribution in [2.75, 3.05) is 0 Å². The molecule has 0 atom stereocenters. The quantitative estimate of drug-likeness (QED) is 0.343. The predicted molar refractivity (Wildman–Crippen MR) is 118 cm³/mol. The lowest BCUT2D eigenvalue weighted by Crippen LogP contribution is -2.00. The van der Waals surface area contributed by atoms with Crippen LogP contribution in [0.5, 0.6) is 11.6 Å². The summed E-state index contributed by atoms with van der Waals surface area (Å²) in [5.41, 5.74) is 3.89. The zero-order chi connectivity index (χ0) is 20.4. The number of benzene rings is 3. The molecule has 0 bridgehead atoms. The van der Waals surface area contributed by atoms with Gasteiger partial charge in [-0.15, -0.1) is 4.91 Å². The topological polar surface area (TPSA) is 63.8 Å². The van der Waals surface area contributed by atoms with Crippen LogP contribution in [-0.4, -0.2) is 9.67 Å². The van der Waals surface area contributed by atoms with Crippen molar-refractivity contribution in [3.05, 3.63) is 92.8 Å². The molecule has 1 N–H and O–H groups in total. The number of aromatic nitrogens is 1. The Morgan fingerprint density at radius 2 is 1.76 bits per heavy atom. The van der Waals surface area contributed by atoms with E-state index < -0.39 is 0 Å². The van der Waals surface area contributed by atoms with Gasteiger partial charge in [-0.3, -0.25) is 0 Å². The number of hydrogen-bond acceptors (Lipinski definition) is 4. The fraction of sp³-hybridized carbons (Fsp3) is 0.130. The third-order valence-electron chi connectivity index (χ3n) is 4.86. The largest absolute Gasteiger partial charge is 0.493 e. The summed E-state index contributed by atoms with van der Waals surface area (Å²) in [7, 11) is 0. The van der Waals surface area contributed by atoms with Gasteiger partial charge in [0.05, 0.1) is 12.1 Å². The monoisotopic (exact) mass is 450 g/mol. The first-order chi connectivity index (χ1) is 14.1. The molecule has 4 aromatic rings. The molecule has 0 amide bonds. The normalized spacial score (nSPS) is 11.0. The van der Waals surface area contributed by atoms with Crippen molar-refractivity contribution >= 4 is 32.5 Å². The van der Waals surface area contributed by atoms with Crippen molar-refractivity contribution < 1.29 is 9.84 Å². The predicted octanol–water partition coefficient (Wildman–Crippen LogP) is 6.44. The van der Waals surface area contributed by atoms with Gasteiger partial charge in [0.1, 0.15) is 12.4 Å². The van der Waals surface area contributed by atoms with E-state index in [1.165, 1.54) is 0 Å². The van der Waals surface area contributed by atoms with Crippen molar-refractivity contribution in [2.45, 2.75) is 20.1 Å². The Kier molecular flexibility index (Phi) is 5.36. The lowest BCUT2D eigenvalue weighted by molar-refractivity contribution is 0.306. The van der Waals surface area contributed by atoms with Crippen LogP contribution in [0.15, 0.2) is 76.4 Å². The van der Waals surface area contributed by atoms with Gasteiger partial charge in [-0.2, -0.15) is 0 Å². The molecule has 0 aliphatic rings. The summed E-state index contributed by atoms with van der Waals surface area (Å²) in [6.45, 7) is 2.86. The molecule has 0 fully saturated rings. The van der Waals surface area contributed by atoms with Crippen LogP contribution in [0.1, 0.15) is 16.7 Å². The Morgan fingerprint density at radius 3 is 2.45 bits per heavy atom. The smallest absolute Gasteiger partial charge is 0.222 e. The lowest BCUT2D eigenvalue weighted by Gasteiger charge is -2.11. The van der Waals surface area contributed by atoms with E-state index in [1.54, 1.807) is 10.6 Å². The molecular weight excluding hydrogens is 432 g/mol. The van der Waals surface area contributed by atoms with E-state index in [1.807, 2.05) is 67.6 Å². The second kappa shape index (κ2) is 8.09. The van der Waals surface area contributed by atoms with Crippen LogP contribution in [0.25, 0.3) is 10.9 Å². The van der Waals surface area contributed by atoms with Crippen molar-refractivity contribution in [3.63, 3.8) is 0 Å². The van der Waals surface area contributed by atoms with Crippen molar-refractivity contribution in [2.24, 2.45) is 5.18 Å². The van der Waals surface area contributed by atoms with Crippen molar-refractivity contribution in [1.82, 2.24) is 4.57 Å². The van der Waals surface area contributed by atoms with E-state index in [4.69, 9.17) is 4.74 Å². The third kappa shape index (κ3) is 3.89. The molecule has 0 radical (unpaired) electrons. The van der Waals surface area contributed by atoms with Crippen LogP contribution in [0.3, 0.4) is 0 Å². The Balaban J connectivity index is 1.59. The van der Waals surface area contributed by atoms with E-state index in [-0.39, 0.29) is 11.6 Å². The molecule has 5 nitrogen and oxygen atoms in total. The molecule has 0 unspecified atom stereocenters. The number of aromatic hydroxyl groups is 1. The van der Waals surface area contributed by atoms with Gasteiger partial charge in [0.2, 0.25) is 5.88 Å². The molecular formula is C23H19BrN2O3. The van der Waals surface area contributed by atoms with E-state index in [9.17, 15) is 10.0 Å². The van der Waals surface area contributed by atoms with Gasteiger partial charge >= 0.3 is 0 Å². The van der Waals surface area contributed by atoms with Gasteiger partial charge in [-0.1, -0.05) is 58.4 Å². The first-order valence-corrected chi connectivity index (χ1v) is 9.96. The minimum atomic E-state index is -0.124. The highest BCUT2D eigenvalue weighted by Gasteiger charge is 2.20. The lowest BCUT2D eigenvalue weighted by atomic mass is 10.1. The maximum atomic E-state index is 11.3. The Hall–Kier alpha value is -3.12. The van der Waals surface area contributed by atoms with Gasteiger partial charge < -0.3 is 14.4 Å². The van der Waals surface area contributed by atoms with Crippen LogP contribution in [0, 0.1) is 11.8 Å². The average molecular weight is 451 g/mol. The van der Waals surface area contributed by atoms with Crippen LogP contribution >= 0.6 is 15.9 Å². The number of nitroso groups, excluding NO2 is 1. The second-order valence-corrected chi connectivity index (χ2v) is 7.80. The number of nitrogens with zero attached hydrogens (tertiary/aromatic N) is 2. The Morgan fingerprint density at radius 1 is 1.03 bits per heavy atom. The summed E-state index contributed by atoms with van der Waals surface area (Å²) in [4.78, 5) is 11.3. The first kappa shape index (κ1) is 19.2. The summed E-state index contributed by atoms with van der Waals surface area (Å²) in [6.07, 6.45) is 0. The number of aryl methyl sites for hydroxylation is 1. The number of ether oxygens (including phenoxy) is 1. The molecule has 146 valence electrons. The Labute approximate surface area is 176 Å². The highest BCUT2D eigenvalue weighted by molar-refractivity contribution is 9.10. The van der Waals surface area contributed by atoms with Crippen LogP contribution < -0.4 is 4.74 Å². The van der Waals surface area contributed by atoms with E-state index in [2.05, 4.69) is 21.1 Å². The van der Waals surface area contributed by atoms with E-state index in [0.29, 0.717) is 18.5 Å². The maximum Gasteiger partial charge on any atom is 0.222 e. The highest BCUT2D eigenvalue weighted by Crippen LogP contribution is 2.41. The SMILES string of the molecule is Cc1cc(Br)cc2c(N=O)c(O)n(Cc3ccc(OCc4ccccc4)cc3)c12. The second-order valence-electron chi connectivity index (χ2n) is 6.89. The summed E-state index contributed by atoms with van der Waals surface area (Å²) < 4.78 is 8.38. The number of fused-ring (bicyclic) bond motifs is 1. The van der Waals surface area contributed by atoms with Gasteiger partial charge in [-0.25, -0.2) is 0 Å². The van der Waals surface area contributed by atoms with Gasteiger partial charge in [0, 0.05) is 9.86 Å². The fourth-order valence-electron chi connectivity index (χ4n) is 3.49. The van der Waals surface area contributed by atoms with Gasteiger partial charge in [0.15, 0.2) is 5.69 Å². The third-order valence-corrected chi connectivity index (χ3v) is 5.32. The van der Waals surface area contributed by atoms with Gasteiger partial charge in [-0.05, 0) is 53.1 Å². The first-order valence-electron chi connectivity index (χ1n) is 9.17. The zero-order valence-corrected chi connectivity index (χ0v) is 17.4. The minimum Gasteiger partial charge on any atom is -0.493 e. The van der Waals surface area contributed by atoms with E-state index in [0.717, 1.165) is 32.4 Å². The molecule has 0 saturated carbocycles. The summed E-state index contributed by atoms with van der Waals surface area (Å²) in [5, 5.41) is 14.3. The Bertz CT molecular complexity index is 1170. The summed E-state index contributed by atoms with van der Waals surface area (Å²) >= 11 is 3.44. The standard InChI is InChI=1S/C23H19BrN2O3/c1-15-11-18(24)12-20-21(25-28)23(27)26(22(15)20)13-16-7-9-19(10-8-16)29-14-17-5-3-2-4-6-17/h2-12,27H,13-14H2,1H3. The summed E-state index contributed by atoms with van der Waals surface area (Å²) in [6, 6.07) is 21.5. The highest BCUT2D eigenvalue weighted by atomic mass is 79.9. The number of rotatable bonds is 6. The van der Waals surface area contributed by atoms with Crippen molar-refractivity contribution in [3.8, 4) is 11.6 Å². The van der Waals surface area contributed by atoms with Crippen molar-refractivity contribution in [1.29, 1.82) is 0 Å². The fourth-order valence-corrected chi connectivity index (χ4v) is 4.06. The molecule has 0 aliphatic heterocycles. The number of hydrogen-bond donors (Lipinski definition) is 1. The van der Waals surface area contributed by atoms with Gasteiger partial charge in [0.25, 0.3) is 0 Å². The molecule has 6 heteroatoms. The molecule has 0 spiro atoms.